The number of hydrogen-bond acceptors (Lipinski definition) is 3. The minimum absolute atomic E-state index is 0.101. The number of hydrogen-bond donors (Lipinski definition) is 1. The Labute approximate surface area is 132 Å². The van der Waals surface area contributed by atoms with Gasteiger partial charge in [0, 0.05) is 12.6 Å². The van der Waals surface area contributed by atoms with E-state index in [-0.39, 0.29) is 17.2 Å². The van der Waals surface area contributed by atoms with Crippen LogP contribution >= 0.6 is 0 Å². The number of carbonyl (C=O) groups excluding carboxylic acids is 1. The van der Waals surface area contributed by atoms with Gasteiger partial charge in [0.25, 0.3) is 0 Å². The number of ether oxygens (including phenoxy) is 1. The summed E-state index contributed by atoms with van der Waals surface area (Å²) < 4.78 is 11.4. The zero-order valence-corrected chi connectivity index (χ0v) is 16.4. The second-order valence-corrected chi connectivity index (χ2v) is 13.0. The minimum atomic E-state index is -1.71. The van der Waals surface area contributed by atoms with Gasteiger partial charge in [0.15, 0.2) is 8.32 Å². The summed E-state index contributed by atoms with van der Waals surface area (Å²) in [6.07, 6.45) is 1.35. The largest absolute Gasteiger partial charge is 0.444 e. The van der Waals surface area contributed by atoms with Crippen LogP contribution in [0.15, 0.2) is 0 Å². The van der Waals surface area contributed by atoms with Gasteiger partial charge < -0.3 is 14.5 Å². The molecule has 0 aliphatic heterocycles. The number of amides is 1. The second kappa shape index (κ2) is 7.63. The van der Waals surface area contributed by atoms with E-state index in [9.17, 15) is 4.79 Å². The highest BCUT2D eigenvalue weighted by molar-refractivity contribution is 6.74. The number of carbonyl (C=O) groups is 1. The molecule has 0 aliphatic carbocycles. The Morgan fingerprint density at radius 2 is 1.67 bits per heavy atom. The van der Waals surface area contributed by atoms with Crippen LogP contribution in [-0.4, -0.2) is 32.7 Å². The van der Waals surface area contributed by atoms with Gasteiger partial charge in [0.2, 0.25) is 0 Å². The minimum Gasteiger partial charge on any atom is -0.444 e. The smallest absolute Gasteiger partial charge is 0.407 e. The molecule has 0 aromatic heterocycles. The molecule has 1 amide bonds. The Bertz CT molecular complexity index is 329. The van der Waals surface area contributed by atoms with E-state index in [2.05, 4.69) is 46.1 Å². The lowest BCUT2D eigenvalue weighted by atomic mass is 10.1. The Balaban J connectivity index is 4.26. The van der Waals surface area contributed by atoms with Crippen molar-refractivity contribution in [1.82, 2.24) is 5.32 Å². The Hall–Kier alpha value is -0.553. The predicted molar refractivity (Wildman–Crippen MR) is 91.2 cm³/mol. The maximum atomic E-state index is 11.8. The molecule has 0 saturated heterocycles. The van der Waals surface area contributed by atoms with Gasteiger partial charge >= 0.3 is 6.09 Å². The van der Waals surface area contributed by atoms with Crippen LogP contribution in [0.3, 0.4) is 0 Å². The Kier molecular flexibility index (Phi) is 7.43. The van der Waals surface area contributed by atoms with Crippen LogP contribution < -0.4 is 5.32 Å². The first-order valence-electron chi connectivity index (χ1n) is 7.92. The third-order valence-electron chi connectivity index (χ3n) is 3.95. The van der Waals surface area contributed by atoms with Crippen LogP contribution in [0.25, 0.3) is 0 Å². The molecule has 0 bridgehead atoms. The topological polar surface area (TPSA) is 47.6 Å². The van der Waals surface area contributed by atoms with Crippen molar-refractivity contribution in [2.24, 2.45) is 0 Å². The van der Waals surface area contributed by atoms with Crippen molar-refractivity contribution < 1.29 is 14.0 Å². The molecule has 0 fully saturated rings. The molecule has 0 aliphatic rings. The third-order valence-corrected chi connectivity index (χ3v) is 8.49. The summed E-state index contributed by atoms with van der Waals surface area (Å²) in [5.74, 6) is 0. The highest BCUT2D eigenvalue weighted by Gasteiger charge is 2.37. The maximum absolute atomic E-state index is 11.8. The molecule has 0 heterocycles. The zero-order valence-electron chi connectivity index (χ0n) is 15.4. The van der Waals surface area contributed by atoms with Gasteiger partial charge in [-0.2, -0.15) is 0 Å². The molecule has 0 spiro atoms. The first kappa shape index (κ1) is 20.4. The van der Waals surface area contributed by atoms with E-state index in [1.807, 2.05) is 20.8 Å². The molecule has 0 radical (unpaired) electrons. The molecule has 0 saturated carbocycles. The SMILES string of the molecule is CC[C@H](CCO[Si](C)(C)C(C)(C)C)NC(=O)OC(C)(C)C. The summed E-state index contributed by atoms with van der Waals surface area (Å²) in [6, 6.07) is 0.101. The second-order valence-electron chi connectivity index (χ2n) is 8.15. The highest BCUT2D eigenvalue weighted by Crippen LogP contribution is 2.36. The quantitative estimate of drug-likeness (QED) is 0.722. The molecule has 0 aromatic carbocycles. The molecular formula is C16H35NO3Si. The van der Waals surface area contributed by atoms with Crippen molar-refractivity contribution in [3.05, 3.63) is 0 Å². The van der Waals surface area contributed by atoms with Gasteiger partial charge in [-0.3, -0.25) is 0 Å². The highest BCUT2D eigenvalue weighted by atomic mass is 28.4. The maximum Gasteiger partial charge on any atom is 0.407 e. The summed E-state index contributed by atoms with van der Waals surface area (Å²) >= 11 is 0. The standard InChI is InChI=1S/C16H35NO3Si/c1-10-13(17-14(18)20-15(2,3)4)11-12-19-21(8,9)16(5,6)7/h13H,10-12H2,1-9H3,(H,17,18)/t13-/m1/s1. The average molecular weight is 318 g/mol. The van der Waals surface area contributed by atoms with Crippen LogP contribution in [0, 0.1) is 0 Å². The van der Waals surface area contributed by atoms with E-state index in [0.717, 1.165) is 12.8 Å². The van der Waals surface area contributed by atoms with E-state index in [4.69, 9.17) is 9.16 Å². The van der Waals surface area contributed by atoms with Crippen molar-refractivity contribution in [3.8, 4) is 0 Å². The van der Waals surface area contributed by atoms with E-state index < -0.39 is 13.9 Å². The van der Waals surface area contributed by atoms with Gasteiger partial charge in [-0.25, -0.2) is 4.79 Å². The van der Waals surface area contributed by atoms with Crippen LogP contribution in [0.2, 0.25) is 18.1 Å². The summed E-state index contributed by atoms with van der Waals surface area (Å²) in [6.45, 7) is 19.5. The van der Waals surface area contributed by atoms with Crippen molar-refractivity contribution in [3.63, 3.8) is 0 Å². The molecule has 21 heavy (non-hydrogen) atoms. The zero-order chi connectivity index (χ0) is 16.9. The van der Waals surface area contributed by atoms with E-state index in [1.54, 1.807) is 0 Å². The molecular weight excluding hydrogens is 282 g/mol. The summed E-state index contributed by atoms with van der Waals surface area (Å²) in [5.41, 5.74) is -0.458. The van der Waals surface area contributed by atoms with Crippen LogP contribution in [-0.2, 0) is 9.16 Å². The van der Waals surface area contributed by atoms with Crippen LogP contribution in [0.5, 0.6) is 0 Å². The summed E-state index contributed by atoms with van der Waals surface area (Å²) in [7, 11) is -1.71. The van der Waals surface area contributed by atoms with Crippen molar-refractivity contribution in [2.45, 2.75) is 91.1 Å². The monoisotopic (exact) mass is 317 g/mol. The van der Waals surface area contributed by atoms with Crippen LogP contribution in [0.1, 0.15) is 61.3 Å². The molecule has 4 nitrogen and oxygen atoms in total. The van der Waals surface area contributed by atoms with Gasteiger partial charge in [-0.1, -0.05) is 27.7 Å². The summed E-state index contributed by atoms with van der Waals surface area (Å²) in [4.78, 5) is 11.8. The number of alkyl carbamates (subject to hydrolysis) is 1. The molecule has 126 valence electrons. The predicted octanol–water partition coefficient (Wildman–Crippen LogP) is 4.70. The first-order chi connectivity index (χ1) is 9.28. The molecule has 1 N–H and O–H groups in total. The first-order valence-corrected chi connectivity index (χ1v) is 10.8. The third kappa shape index (κ3) is 8.46. The van der Waals surface area contributed by atoms with Gasteiger partial charge in [-0.15, -0.1) is 0 Å². The lowest BCUT2D eigenvalue weighted by Crippen LogP contribution is -2.43. The molecule has 1 atom stereocenters. The molecule has 0 rings (SSSR count). The van der Waals surface area contributed by atoms with Crippen molar-refractivity contribution in [1.29, 1.82) is 0 Å². The lowest BCUT2D eigenvalue weighted by molar-refractivity contribution is 0.0496. The van der Waals surface area contributed by atoms with E-state index in [0.29, 0.717) is 6.61 Å². The normalized spacial score (nSPS) is 14.7. The van der Waals surface area contributed by atoms with Gasteiger partial charge in [0.1, 0.15) is 5.60 Å². The fourth-order valence-corrected chi connectivity index (χ4v) is 2.59. The fraction of sp³-hybridized carbons (Fsp3) is 0.938. The van der Waals surface area contributed by atoms with E-state index >= 15 is 0 Å². The molecule has 0 unspecified atom stereocenters. The van der Waals surface area contributed by atoms with Gasteiger partial charge in [-0.05, 0) is 51.7 Å². The van der Waals surface area contributed by atoms with Crippen molar-refractivity contribution in [2.75, 3.05) is 6.61 Å². The van der Waals surface area contributed by atoms with Crippen LogP contribution in [0.4, 0.5) is 4.79 Å². The van der Waals surface area contributed by atoms with Crippen molar-refractivity contribution >= 4 is 14.4 Å². The Morgan fingerprint density at radius 3 is 2.05 bits per heavy atom. The van der Waals surface area contributed by atoms with E-state index in [1.165, 1.54) is 0 Å². The van der Waals surface area contributed by atoms with Gasteiger partial charge in [0.05, 0.1) is 0 Å². The Morgan fingerprint density at radius 1 is 1.14 bits per heavy atom. The fourth-order valence-electron chi connectivity index (χ4n) is 1.53. The lowest BCUT2D eigenvalue weighted by Gasteiger charge is -2.36. The average Bonchev–Trinajstić information content (AvgIpc) is 2.23. The molecule has 0 aromatic rings. The number of rotatable bonds is 6. The molecule has 5 heteroatoms. The summed E-state index contributed by atoms with van der Waals surface area (Å²) in [5, 5.41) is 3.14. The number of nitrogens with one attached hydrogen (secondary N) is 1.